The van der Waals surface area contributed by atoms with Crippen molar-refractivity contribution < 1.29 is 13.9 Å². The van der Waals surface area contributed by atoms with Crippen LogP contribution in [-0.4, -0.2) is 70.6 Å². The van der Waals surface area contributed by atoms with Gasteiger partial charge in [0.25, 0.3) is 0 Å². The maximum atomic E-state index is 12.9. The summed E-state index contributed by atoms with van der Waals surface area (Å²) in [5.74, 6) is -0.231. The van der Waals surface area contributed by atoms with E-state index in [-0.39, 0.29) is 11.9 Å². The Morgan fingerprint density at radius 1 is 1.04 bits per heavy atom. The molecule has 0 bridgehead atoms. The first kappa shape index (κ1) is 20.0. The number of hydrogen-bond acceptors (Lipinski definition) is 5. The Morgan fingerprint density at radius 2 is 1.70 bits per heavy atom. The minimum absolute atomic E-state index is 0.0702. The maximum Gasteiger partial charge on any atom is 0.123 e. The minimum Gasteiger partial charge on any atom is -0.383 e. The van der Waals surface area contributed by atoms with E-state index in [4.69, 9.17) is 15.2 Å². The SMILES string of the molecule is COCCN(C)COCCN(C)CC[C@H](N)c1ccc(F)cc1. The number of ether oxygens (including phenoxy) is 2. The van der Waals surface area contributed by atoms with Crippen molar-refractivity contribution in [2.75, 3.05) is 60.8 Å². The Kier molecular flexibility index (Phi) is 9.98. The van der Waals surface area contributed by atoms with Gasteiger partial charge in [-0.05, 0) is 44.8 Å². The van der Waals surface area contributed by atoms with Gasteiger partial charge in [-0.2, -0.15) is 0 Å². The molecule has 0 aliphatic carbocycles. The molecule has 0 aromatic heterocycles. The van der Waals surface area contributed by atoms with E-state index in [1.807, 2.05) is 7.05 Å². The Morgan fingerprint density at radius 3 is 2.35 bits per heavy atom. The van der Waals surface area contributed by atoms with Gasteiger partial charge in [0.1, 0.15) is 5.82 Å². The summed E-state index contributed by atoms with van der Waals surface area (Å²) >= 11 is 0. The average Bonchev–Trinajstić information content (AvgIpc) is 2.55. The van der Waals surface area contributed by atoms with E-state index < -0.39 is 0 Å². The maximum absolute atomic E-state index is 12.9. The first-order valence-electron chi connectivity index (χ1n) is 7.97. The number of methoxy groups -OCH3 is 1. The summed E-state index contributed by atoms with van der Waals surface area (Å²) in [6.07, 6.45) is 0.829. The fraction of sp³-hybridized carbons (Fsp3) is 0.647. The molecule has 1 aromatic carbocycles. The van der Waals surface area contributed by atoms with Gasteiger partial charge in [0.2, 0.25) is 0 Å². The van der Waals surface area contributed by atoms with Crippen LogP contribution in [0.2, 0.25) is 0 Å². The van der Waals surface area contributed by atoms with E-state index in [0.717, 1.165) is 31.6 Å². The molecule has 1 rings (SSSR count). The van der Waals surface area contributed by atoms with Crippen LogP contribution in [0.3, 0.4) is 0 Å². The molecule has 0 unspecified atom stereocenters. The van der Waals surface area contributed by atoms with Crippen LogP contribution in [0.5, 0.6) is 0 Å². The lowest BCUT2D eigenvalue weighted by Gasteiger charge is -2.21. The molecule has 23 heavy (non-hydrogen) atoms. The fourth-order valence-electron chi connectivity index (χ4n) is 2.10. The van der Waals surface area contributed by atoms with E-state index >= 15 is 0 Å². The molecule has 0 saturated heterocycles. The second-order valence-electron chi connectivity index (χ2n) is 5.86. The molecule has 0 heterocycles. The molecule has 5 nitrogen and oxygen atoms in total. The van der Waals surface area contributed by atoms with E-state index in [1.54, 1.807) is 19.2 Å². The summed E-state index contributed by atoms with van der Waals surface area (Å²) in [6, 6.07) is 6.33. The third-order valence-corrected chi connectivity index (χ3v) is 3.73. The number of halogens is 1. The predicted octanol–water partition coefficient (Wildman–Crippen LogP) is 1.70. The second kappa shape index (κ2) is 11.5. The zero-order valence-corrected chi connectivity index (χ0v) is 14.5. The van der Waals surface area contributed by atoms with Crippen LogP contribution in [-0.2, 0) is 9.47 Å². The summed E-state index contributed by atoms with van der Waals surface area (Å²) < 4.78 is 23.5. The molecule has 1 aromatic rings. The highest BCUT2D eigenvalue weighted by atomic mass is 19.1. The molecular weight excluding hydrogens is 297 g/mol. The Labute approximate surface area is 139 Å². The van der Waals surface area contributed by atoms with Crippen LogP contribution in [0.15, 0.2) is 24.3 Å². The zero-order valence-electron chi connectivity index (χ0n) is 14.5. The second-order valence-corrected chi connectivity index (χ2v) is 5.86. The number of nitrogens with zero attached hydrogens (tertiary/aromatic N) is 2. The van der Waals surface area contributed by atoms with Gasteiger partial charge < -0.3 is 20.1 Å². The Balaban J connectivity index is 2.12. The molecule has 1 atom stereocenters. The van der Waals surface area contributed by atoms with Gasteiger partial charge in [-0.15, -0.1) is 0 Å². The molecule has 0 spiro atoms. The number of benzene rings is 1. The highest BCUT2D eigenvalue weighted by molar-refractivity contribution is 5.19. The van der Waals surface area contributed by atoms with Gasteiger partial charge in [0, 0.05) is 26.2 Å². The lowest BCUT2D eigenvalue weighted by Crippen LogP contribution is -2.30. The molecule has 2 N–H and O–H groups in total. The topological polar surface area (TPSA) is 51.0 Å². The third kappa shape index (κ3) is 8.98. The summed E-state index contributed by atoms with van der Waals surface area (Å²) in [6.45, 7) is 4.58. The van der Waals surface area contributed by atoms with Crippen molar-refractivity contribution in [3.63, 3.8) is 0 Å². The summed E-state index contributed by atoms with van der Waals surface area (Å²) in [5, 5.41) is 0. The van der Waals surface area contributed by atoms with Crippen LogP contribution in [0.25, 0.3) is 0 Å². The van der Waals surface area contributed by atoms with Gasteiger partial charge >= 0.3 is 0 Å². The van der Waals surface area contributed by atoms with Crippen LogP contribution >= 0.6 is 0 Å². The highest BCUT2D eigenvalue weighted by Crippen LogP contribution is 2.14. The molecule has 0 fully saturated rings. The largest absolute Gasteiger partial charge is 0.383 e. The zero-order chi connectivity index (χ0) is 17.1. The van der Waals surface area contributed by atoms with Crippen LogP contribution in [0, 0.1) is 5.82 Å². The Bertz CT molecular complexity index is 417. The van der Waals surface area contributed by atoms with Gasteiger partial charge in [0.05, 0.1) is 19.9 Å². The van der Waals surface area contributed by atoms with Crippen molar-refractivity contribution >= 4 is 0 Å². The van der Waals surface area contributed by atoms with Gasteiger partial charge in [-0.3, -0.25) is 4.90 Å². The van der Waals surface area contributed by atoms with E-state index in [0.29, 0.717) is 19.9 Å². The van der Waals surface area contributed by atoms with E-state index in [1.165, 1.54) is 12.1 Å². The van der Waals surface area contributed by atoms with Crippen molar-refractivity contribution in [2.24, 2.45) is 5.73 Å². The van der Waals surface area contributed by atoms with E-state index in [2.05, 4.69) is 16.8 Å². The molecule has 0 amide bonds. The summed E-state index contributed by atoms with van der Waals surface area (Å²) in [4.78, 5) is 4.27. The van der Waals surface area contributed by atoms with Crippen molar-refractivity contribution in [1.82, 2.24) is 9.80 Å². The van der Waals surface area contributed by atoms with Crippen LogP contribution < -0.4 is 5.73 Å². The molecule has 0 saturated carbocycles. The third-order valence-electron chi connectivity index (χ3n) is 3.73. The molecule has 0 radical (unpaired) electrons. The lowest BCUT2D eigenvalue weighted by atomic mass is 10.0. The standard InChI is InChI=1S/C17H30FN3O2/c1-20(11-13-23-14-21(2)10-12-22-3)9-8-17(19)15-4-6-16(18)7-5-15/h4-7,17H,8-14,19H2,1-3H3/t17-/m0/s1. The highest BCUT2D eigenvalue weighted by Gasteiger charge is 2.08. The Hall–Kier alpha value is -1.05. The summed E-state index contributed by atoms with van der Waals surface area (Å²) in [7, 11) is 5.75. The number of hydrogen-bond donors (Lipinski definition) is 1. The van der Waals surface area contributed by atoms with Gasteiger partial charge in [-0.1, -0.05) is 12.1 Å². The predicted molar refractivity (Wildman–Crippen MR) is 90.8 cm³/mol. The quantitative estimate of drug-likeness (QED) is 0.468. The lowest BCUT2D eigenvalue weighted by molar-refractivity contribution is 0.0224. The van der Waals surface area contributed by atoms with Crippen molar-refractivity contribution in [3.8, 4) is 0 Å². The monoisotopic (exact) mass is 327 g/mol. The van der Waals surface area contributed by atoms with Crippen LogP contribution in [0.4, 0.5) is 4.39 Å². The van der Waals surface area contributed by atoms with Gasteiger partial charge in [0.15, 0.2) is 0 Å². The smallest absolute Gasteiger partial charge is 0.123 e. The first-order valence-corrected chi connectivity index (χ1v) is 7.97. The van der Waals surface area contributed by atoms with Crippen molar-refractivity contribution in [1.29, 1.82) is 0 Å². The summed E-state index contributed by atoms with van der Waals surface area (Å²) in [5.41, 5.74) is 7.10. The molecular formula is C17H30FN3O2. The number of rotatable bonds is 12. The van der Waals surface area contributed by atoms with Crippen molar-refractivity contribution in [3.05, 3.63) is 35.6 Å². The normalized spacial score (nSPS) is 13.0. The molecule has 132 valence electrons. The number of likely N-dealkylation sites (N-methyl/N-ethyl adjacent to an activating group) is 2. The molecule has 6 heteroatoms. The molecule has 0 aliphatic heterocycles. The van der Waals surface area contributed by atoms with Gasteiger partial charge in [-0.25, -0.2) is 4.39 Å². The minimum atomic E-state index is -0.231. The van der Waals surface area contributed by atoms with Crippen molar-refractivity contribution in [2.45, 2.75) is 12.5 Å². The molecule has 0 aliphatic rings. The first-order chi connectivity index (χ1) is 11.0. The number of nitrogens with two attached hydrogens (primary N) is 1. The van der Waals surface area contributed by atoms with Crippen LogP contribution in [0.1, 0.15) is 18.0 Å². The fourth-order valence-corrected chi connectivity index (χ4v) is 2.10. The van der Waals surface area contributed by atoms with E-state index in [9.17, 15) is 4.39 Å². The average molecular weight is 327 g/mol.